The van der Waals surface area contributed by atoms with E-state index >= 15 is 0 Å². The zero-order valence-corrected chi connectivity index (χ0v) is 11.3. The Morgan fingerprint density at radius 2 is 2.00 bits per heavy atom. The third kappa shape index (κ3) is 2.36. The predicted molar refractivity (Wildman–Crippen MR) is 71.0 cm³/mol. The second kappa shape index (κ2) is 5.72. The molecule has 0 radical (unpaired) electrons. The number of hydrogen-bond donors (Lipinski definition) is 3. The Labute approximate surface area is 110 Å². The van der Waals surface area contributed by atoms with Gasteiger partial charge in [0.15, 0.2) is 0 Å². The molecule has 2 aliphatic rings. The lowest BCUT2D eigenvalue weighted by Crippen LogP contribution is -2.44. The molecule has 3 nitrogen and oxygen atoms in total. The second-order valence-corrected chi connectivity index (χ2v) is 6.22. The Balaban J connectivity index is 2.15. The number of aliphatic hydroxyl groups is 3. The minimum absolute atomic E-state index is 0.0106. The molecule has 0 heterocycles. The quantitative estimate of drug-likeness (QED) is 0.670. The number of fused-ring (bicyclic) bond motifs is 1. The smallest absolute Gasteiger partial charge is 0.0493 e. The first-order valence-corrected chi connectivity index (χ1v) is 7.16. The minimum atomic E-state index is 0.0106. The molecular formula is C15H26O3. The molecule has 3 N–H and O–H groups in total. The van der Waals surface area contributed by atoms with E-state index < -0.39 is 0 Å². The largest absolute Gasteiger partial charge is 0.396 e. The molecule has 0 aliphatic heterocycles. The Bertz CT molecular complexity index is 309. The van der Waals surface area contributed by atoms with Crippen molar-refractivity contribution in [3.8, 4) is 0 Å². The van der Waals surface area contributed by atoms with Gasteiger partial charge in [-0.15, -0.1) is 0 Å². The summed E-state index contributed by atoms with van der Waals surface area (Å²) in [5.41, 5.74) is 1.47. The third-order valence-electron chi connectivity index (χ3n) is 5.40. The minimum Gasteiger partial charge on any atom is -0.396 e. The monoisotopic (exact) mass is 254 g/mol. The maximum atomic E-state index is 9.81. The molecule has 3 heteroatoms. The van der Waals surface area contributed by atoms with Gasteiger partial charge in [-0.1, -0.05) is 11.6 Å². The summed E-state index contributed by atoms with van der Waals surface area (Å²) in [6, 6.07) is 0. The van der Waals surface area contributed by atoms with Crippen molar-refractivity contribution in [2.24, 2.45) is 23.2 Å². The molecule has 1 unspecified atom stereocenters. The lowest BCUT2D eigenvalue weighted by molar-refractivity contribution is -0.0179. The lowest BCUT2D eigenvalue weighted by Gasteiger charge is -2.49. The molecule has 1 saturated carbocycles. The molecule has 3 atom stereocenters. The van der Waals surface area contributed by atoms with E-state index in [0.717, 1.165) is 32.1 Å². The van der Waals surface area contributed by atoms with Gasteiger partial charge < -0.3 is 15.3 Å². The van der Waals surface area contributed by atoms with Gasteiger partial charge in [-0.2, -0.15) is 0 Å². The number of aliphatic hydroxyl groups excluding tert-OH is 3. The summed E-state index contributed by atoms with van der Waals surface area (Å²) in [7, 11) is 0. The highest BCUT2D eigenvalue weighted by atomic mass is 16.3. The van der Waals surface area contributed by atoms with E-state index in [-0.39, 0.29) is 31.2 Å². The maximum absolute atomic E-state index is 9.81. The Morgan fingerprint density at radius 1 is 1.28 bits per heavy atom. The molecule has 2 aliphatic carbocycles. The van der Waals surface area contributed by atoms with Gasteiger partial charge in [0, 0.05) is 31.2 Å². The van der Waals surface area contributed by atoms with Crippen LogP contribution < -0.4 is 0 Å². The zero-order valence-electron chi connectivity index (χ0n) is 11.3. The van der Waals surface area contributed by atoms with E-state index in [1.165, 1.54) is 5.57 Å². The van der Waals surface area contributed by atoms with E-state index in [2.05, 4.69) is 13.0 Å². The number of allylic oxidation sites excluding steroid dienone is 2. The van der Waals surface area contributed by atoms with E-state index in [9.17, 15) is 15.3 Å². The van der Waals surface area contributed by atoms with E-state index in [4.69, 9.17) is 0 Å². The van der Waals surface area contributed by atoms with Gasteiger partial charge in [-0.25, -0.2) is 0 Å². The third-order valence-corrected chi connectivity index (χ3v) is 5.40. The van der Waals surface area contributed by atoms with Crippen molar-refractivity contribution in [3.63, 3.8) is 0 Å². The number of rotatable bonds is 4. The van der Waals surface area contributed by atoms with Crippen LogP contribution in [0.1, 0.15) is 39.0 Å². The van der Waals surface area contributed by atoms with Gasteiger partial charge >= 0.3 is 0 Å². The molecule has 104 valence electrons. The van der Waals surface area contributed by atoms with Gasteiger partial charge in [0.05, 0.1) is 0 Å². The average molecular weight is 254 g/mol. The Morgan fingerprint density at radius 3 is 2.61 bits per heavy atom. The normalized spacial score (nSPS) is 36.4. The van der Waals surface area contributed by atoms with E-state index in [1.54, 1.807) is 0 Å². The molecule has 1 fully saturated rings. The Kier molecular flexibility index (Phi) is 4.46. The fourth-order valence-electron chi connectivity index (χ4n) is 4.07. The first kappa shape index (κ1) is 14.0. The summed E-state index contributed by atoms with van der Waals surface area (Å²) in [5.74, 6) is 0.846. The fraction of sp³-hybridized carbons (Fsp3) is 0.867. The van der Waals surface area contributed by atoms with Gasteiger partial charge in [0.2, 0.25) is 0 Å². The van der Waals surface area contributed by atoms with Crippen LogP contribution in [0.4, 0.5) is 0 Å². The van der Waals surface area contributed by atoms with Gasteiger partial charge in [-0.3, -0.25) is 0 Å². The molecule has 0 spiro atoms. The van der Waals surface area contributed by atoms with Crippen LogP contribution in [-0.2, 0) is 0 Å². The van der Waals surface area contributed by atoms with Crippen molar-refractivity contribution in [2.75, 3.05) is 19.8 Å². The topological polar surface area (TPSA) is 60.7 Å². The molecule has 0 aromatic heterocycles. The van der Waals surface area contributed by atoms with Crippen LogP contribution in [0.3, 0.4) is 0 Å². The molecule has 0 bridgehead atoms. The SMILES string of the molecule is CC1=CCC[C@]2(CO)CC[C@H](C(CO)CO)CC12. The highest BCUT2D eigenvalue weighted by Crippen LogP contribution is 2.53. The van der Waals surface area contributed by atoms with Crippen LogP contribution in [0.2, 0.25) is 0 Å². The van der Waals surface area contributed by atoms with Crippen LogP contribution in [0.5, 0.6) is 0 Å². The maximum Gasteiger partial charge on any atom is 0.0493 e. The van der Waals surface area contributed by atoms with Crippen LogP contribution in [0.15, 0.2) is 11.6 Å². The fourth-order valence-corrected chi connectivity index (χ4v) is 4.07. The summed E-state index contributed by atoms with van der Waals surface area (Å²) < 4.78 is 0. The van der Waals surface area contributed by atoms with Crippen LogP contribution in [-0.4, -0.2) is 35.1 Å². The molecular weight excluding hydrogens is 228 g/mol. The second-order valence-electron chi connectivity index (χ2n) is 6.22. The first-order valence-electron chi connectivity index (χ1n) is 7.16. The van der Waals surface area contributed by atoms with Crippen molar-refractivity contribution < 1.29 is 15.3 Å². The Hall–Kier alpha value is -0.380. The van der Waals surface area contributed by atoms with E-state index in [0.29, 0.717) is 11.8 Å². The summed E-state index contributed by atoms with van der Waals surface area (Å²) in [4.78, 5) is 0. The first-order chi connectivity index (χ1) is 8.66. The van der Waals surface area contributed by atoms with Crippen LogP contribution in [0.25, 0.3) is 0 Å². The summed E-state index contributed by atoms with van der Waals surface area (Å²) >= 11 is 0. The van der Waals surface area contributed by atoms with Gasteiger partial charge in [-0.05, 0) is 50.9 Å². The van der Waals surface area contributed by atoms with Crippen molar-refractivity contribution in [2.45, 2.75) is 39.0 Å². The number of hydrogen-bond acceptors (Lipinski definition) is 3. The summed E-state index contributed by atoms with van der Waals surface area (Å²) in [5, 5.41) is 28.5. The van der Waals surface area contributed by atoms with Crippen LogP contribution in [0, 0.1) is 23.2 Å². The summed E-state index contributed by atoms with van der Waals surface area (Å²) in [6.45, 7) is 2.59. The lowest BCUT2D eigenvalue weighted by atomic mass is 9.56. The molecule has 0 aromatic rings. The zero-order chi connectivity index (χ0) is 13.2. The van der Waals surface area contributed by atoms with Crippen molar-refractivity contribution in [3.05, 3.63) is 11.6 Å². The molecule has 0 aromatic carbocycles. The predicted octanol–water partition coefficient (Wildman–Crippen LogP) is 1.72. The highest BCUT2D eigenvalue weighted by Gasteiger charge is 2.45. The summed E-state index contributed by atoms with van der Waals surface area (Å²) in [6.07, 6.45) is 7.53. The molecule has 0 amide bonds. The van der Waals surface area contributed by atoms with Crippen LogP contribution >= 0.6 is 0 Å². The van der Waals surface area contributed by atoms with E-state index in [1.807, 2.05) is 0 Å². The van der Waals surface area contributed by atoms with Gasteiger partial charge in [0.1, 0.15) is 0 Å². The standard InChI is InChI=1S/C15H26O3/c1-11-3-2-5-15(10-18)6-4-12(7-14(11)15)13(8-16)9-17/h3,12-14,16-18H,2,4-10H2,1H3/t12-,14?,15+/m0/s1. The average Bonchev–Trinajstić information content (AvgIpc) is 2.41. The highest BCUT2D eigenvalue weighted by molar-refractivity contribution is 5.16. The van der Waals surface area contributed by atoms with Crippen molar-refractivity contribution in [1.29, 1.82) is 0 Å². The molecule has 0 saturated heterocycles. The molecule has 18 heavy (non-hydrogen) atoms. The van der Waals surface area contributed by atoms with Crippen molar-refractivity contribution in [1.82, 2.24) is 0 Å². The molecule has 2 rings (SSSR count). The van der Waals surface area contributed by atoms with Gasteiger partial charge in [0.25, 0.3) is 0 Å². The van der Waals surface area contributed by atoms with Crippen molar-refractivity contribution >= 4 is 0 Å².